The molecule has 5 aromatic rings. The summed E-state index contributed by atoms with van der Waals surface area (Å²) in [5.74, 6) is 0.712. The minimum Gasteiger partial charge on any atom is -0.452 e. The van der Waals surface area contributed by atoms with Gasteiger partial charge in [0.15, 0.2) is 5.76 Å². The van der Waals surface area contributed by atoms with Crippen LogP contribution in [0.4, 0.5) is 5.69 Å². The molecule has 0 unspecified atom stereocenters. The lowest BCUT2D eigenvalue weighted by Crippen LogP contribution is -2.32. The summed E-state index contributed by atoms with van der Waals surface area (Å²) in [4.78, 5) is 33.1. The van der Waals surface area contributed by atoms with E-state index >= 15 is 0 Å². The minimum atomic E-state index is -0.357. The number of halogens is 1. The van der Waals surface area contributed by atoms with Crippen LogP contribution in [0.25, 0.3) is 33.1 Å². The van der Waals surface area contributed by atoms with Crippen molar-refractivity contribution in [2.45, 2.75) is 13.8 Å². The van der Waals surface area contributed by atoms with Gasteiger partial charge in [-0.05, 0) is 38.1 Å². The van der Waals surface area contributed by atoms with E-state index in [1.165, 1.54) is 15.9 Å². The molecule has 0 aliphatic carbocycles. The van der Waals surface area contributed by atoms with Gasteiger partial charge in [-0.3, -0.25) is 9.59 Å². The summed E-state index contributed by atoms with van der Waals surface area (Å²) in [7, 11) is 0. The SMILES string of the molecule is CCN1C(=O)/C(=c2\sc3nc(-c4oc5ccccc5c4C)nn3c2=O)c2cc(Br)ccc21. The predicted octanol–water partition coefficient (Wildman–Crippen LogP) is 3.92. The fraction of sp³-hybridized carbons (Fsp3) is 0.130. The first kappa shape index (κ1) is 19.4. The Morgan fingerprint density at radius 3 is 2.72 bits per heavy atom. The molecule has 0 fully saturated rings. The fourth-order valence-electron chi connectivity index (χ4n) is 4.21. The molecule has 0 N–H and O–H groups in total. The van der Waals surface area contributed by atoms with Crippen LogP contribution >= 0.6 is 27.3 Å². The predicted molar refractivity (Wildman–Crippen MR) is 127 cm³/mol. The highest BCUT2D eigenvalue weighted by Crippen LogP contribution is 2.37. The number of aromatic nitrogens is 3. The summed E-state index contributed by atoms with van der Waals surface area (Å²) in [6, 6.07) is 13.4. The highest BCUT2D eigenvalue weighted by Gasteiger charge is 2.34. The lowest BCUT2D eigenvalue weighted by atomic mass is 10.1. The maximum Gasteiger partial charge on any atom is 0.291 e. The van der Waals surface area contributed by atoms with Crippen molar-refractivity contribution in [1.82, 2.24) is 14.6 Å². The number of para-hydroxylation sites is 1. The number of furan rings is 1. The van der Waals surface area contributed by atoms with Crippen LogP contribution in [0, 0.1) is 6.92 Å². The zero-order valence-electron chi connectivity index (χ0n) is 17.0. The molecule has 4 heterocycles. The van der Waals surface area contributed by atoms with Gasteiger partial charge in [-0.15, -0.1) is 5.10 Å². The molecule has 0 bridgehead atoms. The van der Waals surface area contributed by atoms with Crippen molar-refractivity contribution in [2.75, 3.05) is 11.4 Å². The molecule has 158 valence electrons. The van der Waals surface area contributed by atoms with E-state index in [2.05, 4.69) is 26.0 Å². The minimum absolute atomic E-state index is 0.185. The van der Waals surface area contributed by atoms with Crippen molar-refractivity contribution in [3.8, 4) is 11.6 Å². The Balaban J connectivity index is 1.58. The number of nitrogens with zero attached hydrogens (tertiary/aromatic N) is 4. The van der Waals surface area contributed by atoms with Crippen LogP contribution in [0.1, 0.15) is 18.1 Å². The van der Waals surface area contributed by atoms with Gasteiger partial charge in [0.05, 0.1) is 11.3 Å². The van der Waals surface area contributed by atoms with Crippen molar-refractivity contribution in [3.63, 3.8) is 0 Å². The molecule has 0 radical (unpaired) electrons. The van der Waals surface area contributed by atoms with Crippen molar-refractivity contribution < 1.29 is 9.21 Å². The van der Waals surface area contributed by atoms with E-state index < -0.39 is 0 Å². The summed E-state index contributed by atoms with van der Waals surface area (Å²) < 4.78 is 8.39. The van der Waals surface area contributed by atoms with Crippen LogP contribution in [0.5, 0.6) is 0 Å². The van der Waals surface area contributed by atoms with Crippen LogP contribution in [0.3, 0.4) is 0 Å². The second kappa shape index (κ2) is 6.85. The Kier molecular flexibility index (Phi) is 4.15. The molecule has 0 spiro atoms. The Labute approximate surface area is 193 Å². The van der Waals surface area contributed by atoms with E-state index in [4.69, 9.17) is 4.42 Å². The third-order valence-electron chi connectivity index (χ3n) is 5.73. The molecule has 9 heteroatoms. The normalized spacial score (nSPS) is 15.3. The van der Waals surface area contributed by atoms with Crippen LogP contribution in [0.2, 0.25) is 0 Å². The Morgan fingerprint density at radius 1 is 1.16 bits per heavy atom. The summed E-state index contributed by atoms with van der Waals surface area (Å²) in [5, 5.41) is 5.41. The average molecular weight is 507 g/mol. The topological polar surface area (TPSA) is 80.7 Å². The molecule has 1 aliphatic heterocycles. The average Bonchev–Trinajstić information content (AvgIpc) is 3.49. The Morgan fingerprint density at radius 2 is 1.97 bits per heavy atom. The van der Waals surface area contributed by atoms with Crippen LogP contribution in [0.15, 0.2) is 56.1 Å². The number of hydrogen-bond donors (Lipinski definition) is 0. The lowest BCUT2D eigenvalue weighted by molar-refractivity contribution is -0.113. The largest absolute Gasteiger partial charge is 0.452 e. The number of thiazole rings is 1. The molecule has 6 rings (SSSR count). The van der Waals surface area contributed by atoms with Crippen LogP contribution < -0.4 is 15.0 Å². The van der Waals surface area contributed by atoms with E-state index in [0.717, 1.165) is 32.3 Å². The number of carbonyl (C=O) groups excluding carboxylic acids is 1. The molecule has 1 amide bonds. The van der Waals surface area contributed by atoms with Gasteiger partial charge < -0.3 is 9.32 Å². The third kappa shape index (κ3) is 2.58. The monoisotopic (exact) mass is 506 g/mol. The first-order chi connectivity index (χ1) is 15.5. The van der Waals surface area contributed by atoms with E-state index in [-0.39, 0.29) is 11.5 Å². The van der Waals surface area contributed by atoms with Gasteiger partial charge in [-0.2, -0.15) is 9.50 Å². The molecule has 7 nitrogen and oxygen atoms in total. The van der Waals surface area contributed by atoms with Crippen molar-refractivity contribution in [1.29, 1.82) is 0 Å². The first-order valence-corrected chi connectivity index (χ1v) is 11.6. The second-order valence-corrected chi connectivity index (χ2v) is 9.40. The van der Waals surface area contributed by atoms with Crippen molar-refractivity contribution >= 4 is 60.4 Å². The van der Waals surface area contributed by atoms with Crippen molar-refractivity contribution in [2.24, 2.45) is 0 Å². The molecule has 0 atom stereocenters. The highest BCUT2D eigenvalue weighted by molar-refractivity contribution is 9.10. The zero-order chi connectivity index (χ0) is 22.1. The van der Waals surface area contributed by atoms with Gasteiger partial charge >= 0.3 is 0 Å². The number of rotatable bonds is 2. The van der Waals surface area contributed by atoms with Gasteiger partial charge in [0, 0.05) is 27.5 Å². The second-order valence-electron chi connectivity index (χ2n) is 7.50. The first-order valence-electron chi connectivity index (χ1n) is 10.0. The molecule has 32 heavy (non-hydrogen) atoms. The molecular weight excluding hydrogens is 492 g/mol. The number of hydrogen-bond acceptors (Lipinski definition) is 6. The molecule has 1 aliphatic rings. The number of anilines is 1. The molecule has 3 aromatic heterocycles. The molecular formula is C23H15BrN4O3S. The summed E-state index contributed by atoms with van der Waals surface area (Å²) in [6.07, 6.45) is 0. The van der Waals surface area contributed by atoms with Gasteiger partial charge in [-0.1, -0.05) is 45.5 Å². The van der Waals surface area contributed by atoms with Crippen LogP contribution in [-0.2, 0) is 4.79 Å². The fourth-order valence-corrected chi connectivity index (χ4v) is 5.56. The smallest absolute Gasteiger partial charge is 0.291 e. The van der Waals surface area contributed by atoms with Crippen LogP contribution in [-0.4, -0.2) is 27.0 Å². The van der Waals surface area contributed by atoms with E-state index in [9.17, 15) is 9.59 Å². The molecule has 0 saturated heterocycles. The number of carbonyl (C=O) groups is 1. The van der Waals surface area contributed by atoms with E-state index in [1.807, 2.05) is 56.3 Å². The highest BCUT2D eigenvalue weighted by atomic mass is 79.9. The number of aryl methyl sites for hydroxylation is 1. The third-order valence-corrected chi connectivity index (χ3v) is 7.25. The van der Waals surface area contributed by atoms with Gasteiger partial charge in [0.2, 0.25) is 10.8 Å². The standard InChI is InChI=1S/C23H15BrN4O3S/c1-3-27-15-9-8-12(24)10-14(15)17(21(27)29)19-22(30)28-23(32-19)25-20(26-28)18-11(2)13-6-4-5-7-16(13)31-18/h4-10H,3H2,1-2H3/b19-17-. The van der Waals surface area contributed by atoms with E-state index in [0.29, 0.717) is 33.2 Å². The summed E-state index contributed by atoms with van der Waals surface area (Å²) in [6.45, 7) is 4.37. The summed E-state index contributed by atoms with van der Waals surface area (Å²) >= 11 is 4.64. The number of benzene rings is 2. The van der Waals surface area contributed by atoms with Gasteiger partial charge in [0.1, 0.15) is 10.1 Å². The zero-order valence-corrected chi connectivity index (χ0v) is 19.5. The van der Waals surface area contributed by atoms with Gasteiger partial charge in [-0.25, -0.2) is 0 Å². The quantitative estimate of drug-likeness (QED) is 0.362. The number of amides is 1. The maximum absolute atomic E-state index is 13.3. The summed E-state index contributed by atoms with van der Waals surface area (Å²) in [5.41, 5.74) is 3.24. The van der Waals surface area contributed by atoms with E-state index in [1.54, 1.807) is 4.90 Å². The lowest BCUT2D eigenvalue weighted by Gasteiger charge is -2.13. The van der Waals surface area contributed by atoms with Gasteiger partial charge in [0.25, 0.3) is 11.5 Å². The molecule has 0 saturated carbocycles. The number of likely N-dealkylation sites (N-methyl/N-ethyl adjacent to an activating group) is 1. The Bertz CT molecular complexity index is 1700. The molecule has 2 aromatic carbocycles. The maximum atomic E-state index is 13.3. The Hall–Kier alpha value is -3.30. The van der Waals surface area contributed by atoms with Crippen molar-refractivity contribution in [3.05, 3.63) is 73.0 Å². The number of fused-ring (bicyclic) bond motifs is 3.